The minimum Gasteiger partial charge on any atom is -0.305 e. The van der Waals surface area contributed by atoms with Crippen LogP contribution >= 0.6 is 27.3 Å². The number of alkyl halides is 3. The lowest BCUT2D eigenvalue weighted by Gasteiger charge is -2.16. The van der Waals surface area contributed by atoms with Crippen LogP contribution in [0.2, 0.25) is 0 Å². The second-order valence-corrected chi connectivity index (χ2v) is 6.28. The second kappa shape index (κ2) is 6.28. The Balaban J connectivity index is 2.08. The minimum absolute atomic E-state index is 0.00703. The highest BCUT2D eigenvalue weighted by atomic mass is 79.9. The van der Waals surface area contributed by atoms with E-state index in [-0.39, 0.29) is 18.2 Å². The van der Waals surface area contributed by atoms with Gasteiger partial charge in [-0.3, -0.25) is 0 Å². The van der Waals surface area contributed by atoms with Crippen molar-refractivity contribution in [3.63, 3.8) is 0 Å². The lowest BCUT2D eigenvalue weighted by Crippen LogP contribution is -2.20. The van der Waals surface area contributed by atoms with Gasteiger partial charge >= 0.3 is 6.18 Å². The van der Waals surface area contributed by atoms with Gasteiger partial charge in [-0.25, -0.2) is 0 Å². The van der Waals surface area contributed by atoms with E-state index in [4.69, 9.17) is 0 Å². The van der Waals surface area contributed by atoms with Crippen molar-refractivity contribution in [2.45, 2.75) is 25.7 Å². The Morgan fingerprint density at radius 2 is 2.00 bits per heavy atom. The maximum Gasteiger partial charge on any atom is 0.416 e. The van der Waals surface area contributed by atoms with Crippen LogP contribution in [0, 0.1) is 0 Å². The molecule has 108 valence electrons. The Labute approximate surface area is 128 Å². The first kappa shape index (κ1) is 15.5. The standard InChI is InChI=1S/C14H13BrF3NS/c1-9(13-6-11(15)8-20-13)19-7-10-4-2-3-5-12(10)14(16,17)18/h2-6,8-9,19H,7H2,1H3. The molecule has 1 heterocycles. The van der Waals surface area contributed by atoms with E-state index in [1.165, 1.54) is 12.1 Å². The summed E-state index contributed by atoms with van der Waals surface area (Å²) in [6.45, 7) is 2.13. The highest BCUT2D eigenvalue weighted by molar-refractivity contribution is 9.10. The van der Waals surface area contributed by atoms with Gasteiger partial charge in [-0.05, 0) is 40.5 Å². The Kier molecular flexibility index (Phi) is 4.88. The number of hydrogen-bond donors (Lipinski definition) is 1. The monoisotopic (exact) mass is 363 g/mol. The molecule has 1 nitrogen and oxygen atoms in total. The van der Waals surface area contributed by atoms with Crippen molar-refractivity contribution < 1.29 is 13.2 Å². The summed E-state index contributed by atoms with van der Waals surface area (Å²) in [5.74, 6) is 0. The molecule has 0 aliphatic carbocycles. The van der Waals surface area contributed by atoms with E-state index in [0.29, 0.717) is 0 Å². The Bertz CT molecular complexity index is 580. The van der Waals surface area contributed by atoms with E-state index >= 15 is 0 Å². The average Bonchev–Trinajstić information content (AvgIpc) is 2.82. The van der Waals surface area contributed by atoms with Crippen molar-refractivity contribution in [3.8, 4) is 0 Å². The summed E-state index contributed by atoms with van der Waals surface area (Å²) in [5, 5.41) is 5.09. The van der Waals surface area contributed by atoms with Gasteiger partial charge in [0.15, 0.2) is 0 Å². The number of thiophene rings is 1. The molecule has 1 aromatic heterocycles. The molecule has 1 atom stereocenters. The van der Waals surface area contributed by atoms with Crippen molar-refractivity contribution in [2.24, 2.45) is 0 Å². The van der Waals surface area contributed by atoms with Gasteiger partial charge in [-0.2, -0.15) is 13.2 Å². The van der Waals surface area contributed by atoms with Crippen molar-refractivity contribution in [1.82, 2.24) is 5.32 Å². The van der Waals surface area contributed by atoms with E-state index < -0.39 is 11.7 Å². The van der Waals surface area contributed by atoms with Crippen molar-refractivity contribution >= 4 is 27.3 Å². The van der Waals surface area contributed by atoms with Crippen LogP contribution in [0.5, 0.6) is 0 Å². The zero-order valence-corrected chi connectivity index (χ0v) is 13.1. The zero-order chi connectivity index (χ0) is 14.8. The molecule has 0 saturated carbocycles. The van der Waals surface area contributed by atoms with Crippen molar-refractivity contribution in [2.75, 3.05) is 0 Å². The van der Waals surface area contributed by atoms with Crippen LogP contribution in [0.3, 0.4) is 0 Å². The molecule has 0 bridgehead atoms. The van der Waals surface area contributed by atoms with Crippen LogP contribution in [0.1, 0.15) is 29.0 Å². The molecule has 1 unspecified atom stereocenters. The van der Waals surface area contributed by atoms with Gasteiger partial charge in [0.25, 0.3) is 0 Å². The molecule has 2 aromatic rings. The van der Waals surface area contributed by atoms with Crippen molar-refractivity contribution in [3.05, 3.63) is 56.2 Å². The third-order valence-electron chi connectivity index (χ3n) is 2.94. The van der Waals surface area contributed by atoms with E-state index in [0.717, 1.165) is 15.4 Å². The number of halogens is 4. The average molecular weight is 364 g/mol. The molecule has 6 heteroatoms. The van der Waals surface area contributed by atoms with E-state index in [9.17, 15) is 13.2 Å². The summed E-state index contributed by atoms with van der Waals surface area (Å²) >= 11 is 4.94. The number of nitrogens with one attached hydrogen (secondary N) is 1. The second-order valence-electron chi connectivity index (χ2n) is 4.42. The molecule has 0 aliphatic rings. The van der Waals surface area contributed by atoms with E-state index in [1.54, 1.807) is 17.4 Å². The van der Waals surface area contributed by atoms with Gasteiger partial charge in [-0.1, -0.05) is 18.2 Å². The molecule has 0 spiro atoms. The number of hydrogen-bond acceptors (Lipinski definition) is 2. The smallest absolute Gasteiger partial charge is 0.305 e. The fourth-order valence-corrected chi connectivity index (χ4v) is 3.35. The molecule has 0 saturated heterocycles. The molecule has 0 amide bonds. The first-order valence-corrected chi connectivity index (χ1v) is 7.67. The summed E-state index contributed by atoms with van der Waals surface area (Å²) in [7, 11) is 0. The topological polar surface area (TPSA) is 12.0 Å². The van der Waals surface area contributed by atoms with Gasteiger partial charge in [0.05, 0.1) is 5.56 Å². The van der Waals surface area contributed by atoms with E-state index in [1.807, 2.05) is 18.4 Å². The minimum atomic E-state index is -4.31. The molecule has 20 heavy (non-hydrogen) atoms. The maximum atomic E-state index is 12.9. The van der Waals surface area contributed by atoms with Gasteiger partial charge in [0.2, 0.25) is 0 Å². The molecule has 1 N–H and O–H groups in total. The van der Waals surface area contributed by atoms with Crippen LogP contribution in [0.15, 0.2) is 40.2 Å². The summed E-state index contributed by atoms with van der Waals surface area (Å²) < 4.78 is 39.6. The highest BCUT2D eigenvalue weighted by Gasteiger charge is 2.32. The van der Waals surface area contributed by atoms with Crippen LogP contribution in [-0.2, 0) is 12.7 Å². The maximum absolute atomic E-state index is 12.9. The molecule has 0 radical (unpaired) electrons. The van der Waals surface area contributed by atoms with Crippen LogP contribution in [0.4, 0.5) is 13.2 Å². The summed E-state index contributed by atoms with van der Waals surface area (Å²) in [4.78, 5) is 1.08. The Hall–Kier alpha value is -0.850. The first-order valence-electron chi connectivity index (χ1n) is 6.00. The van der Waals surface area contributed by atoms with Gasteiger partial charge in [-0.15, -0.1) is 11.3 Å². The van der Waals surface area contributed by atoms with Crippen LogP contribution in [0.25, 0.3) is 0 Å². The lowest BCUT2D eigenvalue weighted by atomic mass is 10.1. The normalized spacial score (nSPS) is 13.4. The summed E-state index contributed by atoms with van der Waals surface area (Å²) in [5.41, 5.74) is -0.311. The third kappa shape index (κ3) is 3.84. The molecular weight excluding hydrogens is 351 g/mol. The number of benzene rings is 1. The van der Waals surface area contributed by atoms with Gasteiger partial charge in [0, 0.05) is 27.3 Å². The summed E-state index contributed by atoms with van der Waals surface area (Å²) in [6.07, 6.45) is -4.31. The Morgan fingerprint density at radius 1 is 1.30 bits per heavy atom. The fourth-order valence-electron chi connectivity index (χ4n) is 1.87. The molecule has 1 aromatic carbocycles. The lowest BCUT2D eigenvalue weighted by molar-refractivity contribution is -0.138. The molecular formula is C14H13BrF3NS. The molecule has 0 fully saturated rings. The SMILES string of the molecule is CC(NCc1ccccc1C(F)(F)F)c1cc(Br)cs1. The third-order valence-corrected chi connectivity index (χ3v) is 4.81. The molecule has 2 rings (SSSR count). The van der Waals surface area contributed by atoms with Crippen LogP contribution in [-0.4, -0.2) is 0 Å². The fraction of sp³-hybridized carbons (Fsp3) is 0.286. The highest BCUT2D eigenvalue weighted by Crippen LogP contribution is 2.32. The predicted molar refractivity (Wildman–Crippen MR) is 78.7 cm³/mol. The Morgan fingerprint density at radius 3 is 2.60 bits per heavy atom. The number of rotatable bonds is 4. The quantitative estimate of drug-likeness (QED) is 0.768. The van der Waals surface area contributed by atoms with Crippen molar-refractivity contribution in [1.29, 1.82) is 0 Å². The summed E-state index contributed by atoms with van der Waals surface area (Å²) in [6, 6.07) is 7.63. The molecule has 0 aliphatic heterocycles. The van der Waals surface area contributed by atoms with Crippen LogP contribution < -0.4 is 5.32 Å². The van der Waals surface area contributed by atoms with E-state index in [2.05, 4.69) is 21.2 Å². The largest absolute Gasteiger partial charge is 0.416 e. The van der Waals surface area contributed by atoms with Gasteiger partial charge < -0.3 is 5.32 Å². The first-order chi connectivity index (χ1) is 9.38. The predicted octanol–water partition coefficient (Wildman–Crippen LogP) is 5.38. The van der Waals surface area contributed by atoms with Gasteiger partial charge in [0.1, 0.15) is 0 Å². The zero-order valence-electron chi connectivity index (χ0n) is 10.7.